The Morgan fingerprint density at radius 2 is 1.76 bits per heavy atom. The molecule has 0 aliphatic heterocycles. The fourth-order valence-electron chi connectivity index (χ4n) is 2.93. The first-order valence-corrected chi connectivity index (χ1v) is 10.3. The zero-order chi connectivity index (χ0) is 20.5. The standard InChI is InChI=1S/C24H22N2O2S/c1-28-22-8-4-2-6-20(22)14-15-26-24(27)21-7-3-5-9-23(21)29-17-19-12-10-18(16-25)11-13-19/h2-13H,14-15,17H2,1H3,(H,26,27). The summed E-state index contributed by atoms with van der Waals surface area (Å²) in [6, 6.07) is 25.1. The van der Waals surface area contributed by atoms with Crippen LogP contribution >= 0.6 is 11.8 Å². The van der Waals surface area contributed by atoms with Crippen LogP contribution < -0.4 is 10.1 Å². The van der Waals surface area contributed by atoms with Gasteiger partial charge in [0, 0.05) is 17.2 Å². The van der Waals surface area contributed by atoms with Crippen LogP contribution in [0.3, 0.4) is 0 Å². The second-order valence-corrected chi connectivity index (χ2v) is 7.43. The summed E-state index contributed by atoms with van der Waals surface area (Å²) in [5.74, 6) is 1.49. The van der Waals surface area contributed by atoms with Crippen LogP contribution in [0.1, 0.15) is 27.0 Å². The summed E-state index contributed by atoms with van der Waals surface area (Å²) in [6.07, 6.45) is 0.705. The monoisotopic (exact) mass is 402 g/mol. The van der Waals surface area contributed by atoms with Gasteiger partial charge in [0.05, 0.1) is 24.3 Å². The van der Waals surface area contributed by atoms with Crippen LogP contribution in [0.15, 0.2) is 77.7 Å². The van der Waals surface area contributed by atoms with E-state index >= 15 is 0 Å². The van der Waals surface area contributed by atoms with Gasteiger partial charge in [-0.2, -0.15) is 5.26 Å². The van der Waals surface area contributed by atoms with Gasteiger partial charge in [-0.15, -0.1) is 11.8 Å². The Balaban J connectivity index is 1.60. The van der Waals surface area contributed by atoms with E-state index in [4.69, 9.17) is 10.00 Å². The topological polar surface area (TPSA) is 62.1 Å². The van der Waals surface area contributed by atoms with Crippen molar-refractivity contribution in [3.8, 4) is 11.8 Å². The van der Waals surface area contributed by atoms with Crippen LogP contribution in [0.4, 0.5) is 0 Å². The highest BCUT2D eigenvalue weighted by Gasteiger charge is 2.11. The highest BCUT2D eigenvalue weighted by atomic mass is 32.2. The summed E-state index contributed by atoms with van der Waals surface area (Å²) in [7, 11) is 1.65. The molecular formula is C24H22N2O2S. The van der Waals surface area contributed by atoms with Crippen molar-refractivity contribution in [2.45, 2.75) is 17.1 Å². The Hall–Kier alpha value is -3.23. The smallest absolute Gasteiger partial charge is 0.252 e. The zero-order valence-corrected chi connectivity index (χ0v) is 17.0. The highest BCUT2D eigenvalue weighted by Crippen LogP contribution is 2.26. The average Bonchev–Trinajstić information content (AvgIpc) is 2.78. The van der Waals surface area contributed by atoms with Gasteiger partial charge in [0.25, 0.3) is 5.91 Å². The van der Waals surface area contributed by atoms with E-state index in [2.05, 4.69) is 11.4 Å². The van der Waals surface area contributed by atoms with Gasteiger partial charge in [-0.25, -0.2) is 0 Å². The van der Waals surface area contributed by atoms with E-state index in [0.717, 1.165) is 27.5 Å². The van der Waals surface area contributed by atoms with E-state index in [1.54, 1.807) is 18.9 Å². The second-order valence-electron chi connectivity index (χ2n) is 6.41. The minimum absolute atomic E-state index is 0.0807. The number of methoxy groups -OCH3 is 1. The normalized spacial score (nSPS) is 10.2. The van der Waals surface area contributed by atoms with Gasteiger partial charge in [-0.3, -0.25) is 4.79 Å². The third-order valence-corrected chi connectivity index (χ3v) is 5.63. The molecule has 3 aromatic rings. The van der Waals surface area contributed by atoms with Crippen LogP contribution in [0.2, 0.25) is 0 Å². The molecule has 0 saturated carbocycles. The number of thioether (sulfide) groups is 1. The van der Waals surface area contributed by atoms with Gasteiger partial charge in [0.15, 0.2) is 0 Å². The minimum atomic E-state index is -0.0807. The minimum Gasteiger partial charge on any atom is -0.496 e. The molecule has 29 heavy (non-hydrogen) atoms. The van der Waals surface area contributed by atoms with E-state index in [0.29, 0.717) is 24.1 Å². The number of hydrogen-bond acceptors (Lipinski definition) is 4. The van der Waals surface area contributed by atoms with Crippen molar-refractivity contribution >= 4 is 17.7 Å². The summed E-state index contributed by atoms with van der Waals surface area (Å²) in [5.41, 5.74) is 3.50. The van der Waals surface area contributed by atoms with E-state index < -0.39 is 0 Å². The number of ether oxygens (including phenoxy) is 1. The molecule has 0 radical (unpaired) electrons. The Bertz CT molecular complexity index is 1010. The Labute approximate surface area is 175 Å². The molecule has 0 aliphatic carbocycles. The van der Waals surface area contributed by atoms with Crippen LogP contribution in [0, 0.1) is 11.3 Å². The molecule has 0 fully saturated rings. The van der Waals surface area contributed by atoms with Gasteiger partial charge >= 0.3 is 0 Å². The van der Waals surface area contributed by atoms with Crippen molar-refractivity contribution in [1.82, 2.24) is 5.32 Å². The number of benzene rings is 3. The van der Waals surface area contributed by atoms with E-state index in [1.165, 1.54) is 0 Å². The first-order chi connectivity index (χ1) is 14.2. The molecule has 0 spiro atoms. The average molecular weight is 403 g/mol. The zero-order valence-electron chi connectivity index (χ0n) is 16.2. The lowest BCUT2D eigenvalue weighted by Crippen LogP contribution is -2.26. The molecule has 0 saturated heterocycles. The van der Waals surface area contributed by atoms with Crippen molar-refractivity contribution in [3.63, 3.8) is 0 Å². The van der Waals surface area contributed by atoms with Crippen LogP contribution in [0.5, 0.6) is 5.75 Å². The van der Waals surface area contributed by atoms with Crippen LogP contribution in [0.25, 0.3) is 0 Å². The van der Waals surface area contributed by atoms with Gasteiger partial charge in [0.1, 0.15) is 5.75 Å². The molecular weight excluding hydrogens is 380 g/mol. The predicted octanol–water partition coefficient (Wildman–Crippen LogP) is 4.83. The largest absolute Gasteiger partial charge is 0.496 e. The van der Waals surface area contributed by atoms with E-state index in [9.17, 15) is 4.79 Å². The molecule has 0 unspecified atom stereocenters. The van der Waals surface area contributed by atoms with Crippen molar-refractivity contribution < 1.29 is 9.53 Å². The number of rotatable bonds is 8. The molecule has 5 heteroatoms. The summed E-state index contributed by atoms with van der Waals surface area (Å²) < 4.78 is 5.36. The van der Waals surface area contributed by atoms with Crippen LogP contribution in [-0.4, -0.2) is 19.6 Å². The third-order valence-electron chi connectivity index (χ3n) is 4.48. The summed E-state index contributed by atoms with van der Waals surface area (Å²) in [4.78, 5) is 13.7. The first-order valence-electron chi connectivity index (χ1n) is 9.32. The van der Waals surface area contributed by atoms with Crippen LogP contribution in [-0.2, 0) is 12.2 Å². The molecule has 0 bridgehead atoms. The maximum atomic E-state index is 12.7. The van der Waals surface area contributed by atoms with Gasteiger partial charge in [-0.05, 0) is 47.9 Å². The number of nitrogens with one attached hydrogen (secondary N) is 1. The molecule has 0 aromatic heterocycles. The fourth-order valence-corrected chi connectivity index (χ4v) is 3.94. The second kappa shape index (κ2) is 10.4. The number of carbonyl (C=O) groups excluding carboxylic acids is 1. The Kier molecular flexibility index (Phi) is 7.32. The van der Waals surface area contributed by atoms with Crippen molar-refractivity contribution in [2.24, 2.45) is 0 Å². The molecule has 146 valence electrons. The lowest BCUT2D eigenvalue weighted by molar-refractivity contribution is 0.0951. The molecule has 3 aromatic carbocycles. The Morgan fingerprint density at radius 1 is 1.03 bits per heavy atom. The molecule has 4 nitrogen and oxygen atoms in total. The van der Waals surface area contributed by atoms with Gasteiger partial charge in [0.2, 0.25) is 0 Å². The number of para-hydroxylation sites is 1. The lowest BCUT2D eigenvalue weighted by Gasteiger charge is -2.11. The maximum Gasteiger partial charge on any atom is 0.252 e. The summed E-state index contributed by atoms with van der Waals surface area (Å²) in [5, 5.41) is 11.9. The molecule has 1 amide bonds. The fraction of sp³-hybridized carbons (Fsp3) is 0.167. The van der Waals surface area contributed by atoms with Gasteiger partial charge in [-0.1, -0.05) is 42.5 Å². The number of amides is 1. The quantitative estimate of drug-likeness (QED) is 0.548. The third kappa shape index (κ3) is 5.63. The lowest BCUT2D eigenvalue weighted by atomic mass is 10.1. The van der Waals surface area contributed by atoms with E-state index in [-0.39, 0.29) is 5.91 Å². The number of carbonyl (C=O) groups is 1. The molecule has 0 aliphatic rings. The predicted molar refractivity (Wildman–Crippen MR) is 116 cm³/mol. The van der Waals surface area contributed by atoms with Crippen molar-refractivity contribution in [3.05, 3.63) is 95.1 Å². The number of nitrogens with zero attached hydrogens (tertiary/aromatic N) is 1. The van der Waals surface area contributed by atoms with Crippen molar-refractivity contribution in [1.29, 1.82) is 5.26 Å². The molecule has 3 rings (SSSR count). The number of nitriles is 1. The molecule has 0 atom stereocenters. The Morgan fingerprint density at radius 3 is 2.52 bits per heavy atom. The van der Waals surface area contributed by atoms with Gasteiger partial charge < -0.3 is 10.1 Å². The summed E-state index contributed by atoms with van der Waals surface area (Å²) in [6.45, 7) is 0.536. The number of hydrogen-bond donors (Lipinski definition) is 1. The SMILES string of the molecule is COc1ccccc1CCNC(=O)c1ccccc1SCc1ccc(C#N)cc1. The summed E-state index contributed by atoms with van der Waals surface area (Å²) >= 11 is 1.61. The van der Waals surface area contributed by atoms with E-state index in [1.807, 2.05) is 72.8 Å². The molecule has 1 N–H and O–H groups in total. The highest BCUT2D eigenvalue weighted by molar-refractivity contribution is 7.98. The first kappa shape index (κ1) is 20.5. The molecule has 0 heterocycles. The maximum absolute atomic E-state index is 12.7. The van der Waals surface area contributed by atoms with Crippen molar-refractivity contribution in [2.75, 3.05) is 13.7 Å².